The molecule has 1 N–H and O–H groups in total. The second kappa shape index (κ2) is 48.2. The maximum atomic E-state index is 12.8. The molecule has 0 aromatic heterocycles. The molecule has 0 fully saturated rings. The molecule has 66 heavy (non-hydrogen) atoms. The highest BCUT2D eigenvalue weighted by Crippen LogP contribution is 2.15. The fourth-order valence-corrected chi connectivity index (χ4v) is 7.64. The Kier molecular flexibility index (Phi) is 45.9. The van der Waals surface area contributed by atoms with E-state index in [1.54, 1.807) is 0 Å². The minimum absolute atomic E-state index is 0.0396. The van der Waals surface area contributed by atoms with Crippen LogP contribution < -0.4 is 0 Å². The van der Waals surface area contributed by atoms with Crippen LogP contribution in [0, 0.1) is 0 Å². The Morgan fingerprint density at radius 1 is 0.455 bits per heavy atom. The summed E-state index contributed by atoms with van der Waals surface area (Å²) in [7, 11) is 5.52. The zero-order valence-electron chi connectivity index (χ0n) is 43.4. The van der Waals surface area contributed by atoms with Gasteiger partial charge in [0.1, 0.15) is 6.61 Å². The molecule has 0 aliphatic heterocycles. The highest BCUT2D eigenvalue weighted by Gasteiger charge is 2.31. The van der Waals surface area contributed by atoms with E-state index in [4.69, 9.17) is 14.2 Å². The zero-order chi connectivity index (χ0) is 48.4. The Bertz CT molecular complexity index is 1310. The van der Waals surface area contributed by atoms with Gasteiger partial charge in [-0.2, -0.15) is 0 Å². The van der Waals surface area contributed by atoms with Gasteiger partial charge in [0, 0.05) is 19.3 Å². The standard InChI is InChI=1S/C58H101NO7/c1-6-8-10-12-14-16-18-20-22-24-26-28-30-32-34-36-38-40-42-44-46-48-56(60)65-53-54(52-64-51-50-55(58(62)63)59(3,4)5)66-57(61)49-47-45-43-41-39-37-35-33-31-29-27-25-23-21-19-17-15-13-11-9-7-2/h15,17,21,23,27-30,33,35,39,41,54-55H,6-14,16,18-20,22,24-26,31-32,34,36-38,40,42-53H2,1-5H3/p+1/b17-15+,23-21+,29-27+,30-28+,35-33+,41-39+. The summed E-state index contributed by atoms with van der Waals surface area (Å²) in [6, 6.07) is -0.627. The van der Waals surface area contributed by atoms with Gasteiger partial charge in [-0.1, -0.05) is 189 Å². The van der Waals surface area contributed by atoms with Crippen molar-refractivity contribution in [3.8, 4) is 0 Å². The molecule has 2 atom stereocenters. The van der Waals surface area contributed by atoms with Gasteiger partial charge < -0.3 is 23.8 Å². The minimum atomic E-state index is -0.883. The molecule has 0 aliphatic rings. The summed E-state index contributed by atoms with van der Waals surface area (Å²) in [5, 5.41) is 9.66. The van der Waals surface area contributed by atoms with Gasteiger partial charge in [0.05, 0.1) is 34.4 Å². The molecule has 0 saturated heterocycles. The molecule has 2 unspecified atom stereocenters. The third-order valence-electron chi connectivity index (χ3n) is 11.8. The molecule has 0 bridgehead atoms. The molecule has 0 aliphatic carbocycles. The van der Waals surface area contributed by atoms with Gasteiger partial charge in [0.25, 0.3) is 0 Å². The van der Waals surface area contributed by atoms with Gasteiger partial charge in [-0.3, -0.25) is 9.59 Å². The second-order valence-corrected chi connectivity index (χ2v) is 19.1. The van der Waals surface area contributed by atoms with Gasteiger partial charge in [-0.15, -0.1) is 0 Å². The first-order chi connectivity index (χ1) is 32.1. The third-order valence-corrected chi connectivity index (χ3v) is 11.8. The van der Waals surface area contributed by atoms with Crippen LogP contribution in [0.4, 0.5) is 0 Å². The maximum Gasteiger partial charge on any atom is 0.362 e. The Morgan fingerprint density at radius 3 is 1.26 bits per heavy atom. The van der Waals surface area contributed by atoms with Crippen LogP contribution in [0.15, 0.2) is 72.9 Å². The van der Waals surface area contributed by atoms with Crippen LogP contribution in [0.2, 0.25) is 0 Å². The number of carbonyl (C=O) groups excluding carboxylic acids is 2. The number of esters is 2. The number of rotatable bonds is 48. The van der Waals surface area contributed by atoms with E-state index in [0.717, 1.165) is 57.8 Å². The van der Waals surface area contributed by atoms with Crippen molar-refractivity contribution >= 4 is 17.9 Å². The first-order valence-electron chi connectivity index (χ1n) is 27.0. The summed E-state index contributed by atoms with van der Waals surface area (Å²) in [4.78, 5) is 37.2. The number of carboxylic acids is 1. The van der Waals surface area contributed by atoms with E-state index in [1.807, 2.05) is 21.1 Å². The Balaban J connectivity index is 4.32. The number of carbonyl (C=O) groups is 3. The van der Waals surface area contributed by atoms with Crippen LogP contribution >= 0.6 is 0 Å². The van der Waals surface area contributed by atoms with Gasteiger partial charge in [-0.25, -0.2) is 4.79 Å². The first-order valence-corrected chi connectivity index (χ1v) is 27.0. The van der Waals surface area contributed by atoms with Gasteiger partial charge >= 0.3 is 17.9 Å². The molecule has 0 spiro atoms. The molecular formula is C58H102NO7+. The number of ether oxygens (including phenoxy) is 3. The van der Waals surface area contributed by atoms with Crippen LogP contribution in [0.25, 0.3) is 0 Å². The molecule has 0 amide bonds. The number of hydrogen-bond donors (Lipinski definition) is 1. The van der Waals surface area contributed by atoms with E-state index in [-0.39, 0.29) is 42.7 Å². The monoisotopic (exact) mass is 925 g/mol. The summed E-state index contributed by atoms with van der Waals surface area (Å²) in [6.07, 6.45) is 62.4. The molecule has 0 radical (unpaired) electrons. The SMILES string of the molecule is CCCCC/C=C/C/C=C/C/C=C/C/C=C/C/C=C/CCCCC(=O)OC(COCCC(C(=O)O)[N+](C)(C)C)COC(=O)CCCCCCCCC/C=C/CCCCCCCCCCCC. The number of aliphatic carboxylic acids is 1. The van der Waals surface area contributed by atoms with E-state index in [9.17, 15) is 19.5 Å². The van der Waals surface area contributed by atoms with Crippen LogP contribution in [0.5, 0.6) is 0 Å². The minimum Gasteiger partial charge on any atom is -0.477 e. The smallest absolute Gasteiger partial charge is 0.362 e. The van der Waals surface area contributed by atoms with Gasteiger partial charge in [-0.05, 0) is 89.9 Å². The van der Waals surface area contributed by atoms with E-state index in [0.29, 0.717) is 19.3 Å². The van der Waals surface area contributed by atoms with Crippen LogP contribution in [0.3, 0.4) is 0 Å². The van der Waals surface area contributed by atoms with E-state index < -0.39 is 18.1 Å². The van der Waals surface area contributed by atoms with E-state index in [1.165, 1.54) is 128 Å². The first kappa shape index (κ1) is 62.8. The normalized spacial score (nSPS) is 13.4. The number of likely N-dealkylation sites (N-methyl/N-ethyl adjacent to an activating group) is 1. The van der Waals surface area contributed by atoms with Crippen molar-refractivity contribution < 1.29 is 38.2 Å². The Hall–Kier alpha value is -3.23. The molecule has 8 nitrogen and oxygen atoms in total. The van der Waals surface area contributed by atoms with Crippen molar-refractivity contribution in [3.05, 3.63) is 72.9 Å². The number of nitrogens with zero attached hydrogens (tertiary/aromatic N) is 1. The number of allylic oxidation sites excluding steroid dienone is 12. The lowest BCUT2D eigenvalue weighted by molar-refractivity contribution is -0.887. The van der Waals surface area contributed by atoms with Crippen molar-refractivity contribution in [1.29, 1.82) is 0 Å². The highest BCUT2D eigenvalue weighted by molar-refractivity contribution is 5.72. The fraction of sp³-hybridized carbons (Fsp3) is 0.741. The van der Waals surface area contributed by atoms with Crippen molar-refractivity contribution in [2.24, 2.45) is 0 Å². The van der Waals surface area contributed by atoms with E-state index in [2.05, 4.69) is 86.8 Å². The number of carboxylic acid groups (broad SMARTS) is 1. The molecule has 0 aromatic rings. The molecule has 0 rings (SSSR count). The van der Waals surface area contributed by atoms with Crippen molar-refractivity contribution in [2.75, 3.05) is 41.0 Å². The quantitative estimate of drug-likeness (QED) is 0.0281. The maximum absolute atomic E-state index is 12.8. The lowest BCUT2D eigenvalue weighted by Crippen LogP contribution is -2.50. The predicted molar refractivity (Wildman–Crippen MR) is 280 cm³/mol. The number of hydrogen-bond acceptors (Lipinski definition) is 6. The van der Waals surface area contributed by atoms with Crippen molar-refractivity contribution in [2.45, 2.75) is 238 Å². The molecule has 0 aromatic carbocycles. The number of unbranched alkanes of at least 4 members (excludes halogenated alkanes) is 22. The average Bonchev–Trinajstić information content (AvgIpc) is 3.28. The highest BCUT2D eigenvalue weighted by atomic mass is 16.6. The molecule has 380 valence electrons. The summed E-state index contributed by atoms with van der Waals surface area (Å²) >= 11 is 0. The average molecular weight is 925 g/mol. The number of quaternary nitrogens is 1. The van der Waals surface area contributed by atoms with Crippen LogP contribution in [-0.2, 0) is 28.6 Å². The molecule has 8 heteroatoms. The Labute approximate surface area is 406 Å². The van der Waals surface area contributed by atoms with Crippen molar-refractivity contribution in [3.63, 3.8) is 0 Å². The van der Waals surface area contributed by atoms with E-state index >= 15 is 0 Å². The zero-order valence-corrected chi connectivity index (χ0v) is 43.4. The largest absolute Gasteiger partial charge is 0.477 e. The predicted octanol–water partition coefficient (Wildman–Crippen LogP) is 15.9. The summed E-state index contributed by atoms with van der Waals surface area (Å²) in [5.41, 5.74) is 0. The molecule has 0 saturated carbocycles. The van der Waals surface area contributed by atoms with Crippen LogP contribution in [0.1, 0.15) is 226 Å². The summed E-state index contributed by atoms with van der Waals surface area (Å²) < 4.78 is 17.3. The lowest BCUT2D eigenvalue weighted by atomic mass is 10.1. The topological polar surface area (TPSA) is 99.1 Å². The molecule has 0 heterocycles. The summed E-state index contributed by atoms with van der Waals surface area (Å²) in [6.45, 7) is 4.67. The third kappa shape index (κ3) is 45.9. The molecular weight excluding hydrogens is 823 g/mol. The van der Waals surface area contributed by atoms with Gasteiger partial charge in [0.2, 0.25) is 0 Å². The van der Waals surface area contributed by atoms with Crippen molar-refractivity contribution in [1.82, 2.24) is 0 Å². The van der Waals surface area contributed by atoms with Crippen LogP contribution in [-0.4, -0.2) is 80.6 Å². The lowest BCUT2D eigenvalue weighted by Gasteiger charge is -2.31. The Morgan fingerprint density at radius 2 is 0.803 bits per heavy atom. The summed E-state index contributed by atoms with van der Waals surface area (Å²) in [5.74, 6) is -1.53. The fourth-order valence-electron chi connectivity index (χ4n) is 7.64. The van der Waals surface area contributed by atoms with Gasteiger partial charge in [0.15, 0.2) is 12.1 Å². The second-order valence-electron chi connectivity index (χ2n) is 19.1.